The van der Waals surface area contributed by atoms with E-state index in [0.717, 1.165) is 5.56 Å². The van der Waals surface area contributed by atoms with Crippen molar-refractivity contribution in [3.8, 4) is 0 Å². The van der Waals surface area contributed by atoms with E-state index >= 15 is 0 Å². The van der Waals surface area contributed by atoms with Crippen LogP contribution in [-0.2, 0) is 16.8 Å². The molecule has 1 aromatic carbocycles. The number of fused-ring (bicyclic) bond motifs is 2. The second kappa shape index (κ2) is 3.97. The molecule has 3 rings (SSSR count). The maximum Gasteiger partial charge on any atom is 0.406 e. The number of nitrogens with one attached hydrogen (secondary N) is 1. The van der Waals surface area contributed by atoms with Crippen LogP contribution in [0.2, 0.25) is 0 Å². The van der Waals surface area contributed by atoms with Crippen LogP contribution >= 0.6 is 0 Å². The molecule has 1 saturated heterocycles. The van der Waals surface area contributed by atoms with Crippen LogP contribution in [0, 0.1) is 0 Å². The van der Waals surface area contributed by atoms with E-state index < -0.39 is 30.2 Å². The summed E-state index contributed by atoms with van der Waals surface area (Å²) in [7, 11) is 0. The first-order valence-electron chi connectivity index (χ1n) is 6.13. The van der Waals surface area contributed by atoms with Crippen LogP contribution in [0.15, 0.2) is 24.3 Å². The zero-order chi connectivity index (χ0) is 14.5. The summed E-state index contributed by atoms with van der Waals surface area (Å²) in [5, 5.41) is 2.45. The van der Waals surface area contributed by atoms with Crippen LogP contribution in [0.25, 0.3) is 0 Å². The van der Waals surface area contributed by atoms with Crippen molar-refractivity contribution in [2.75, 3.05) is 6.54 Å². The summed E-state index contributed by atoms with van der Waals surface area (Å²) in [5.41, 5.74) is 0.164. The van der Waals surface area contributed by atoms with Gasteiger partial charge in [-0.1, -0.05) is 24.3 Å². The standard InChI is InChI=1S/C13H11F3N2O2/c14-13(15,16)7-18-10(19)12(17-11(18)20)6-5-8-3-1-2-4-9(8)12/h1-4H,5-7H2,(H,17,20). The first-order chi connectivity index (χ1) is 9.33. The third kappa shape index (κ3) is 1.76. The van der Waals surface area contributed by atoms with E-state index in [1.165, 1.54) is 0 Å². The van der Waals surface area contributed by atoms with E-state index in [-0.39, 0.29) is 4.90 Å². The van der Waals surface area contributed by atoms with Gasteiger partial charge in [0.05, 0.1) is 0 Å². The Morgan fingerprint density at radius 1 is 1.25 bits per heavy atom. The second-order valence-electron chi connectivity index (χ2n) is 5.00. The number of nitrogens with zero attached hydrogens (tertiary/aromatic N) is 1. The number of aryl methyl sites for hydroxylation is 1. The van der Waals surface area contributed by atoms with Crippen molar-refractivity contribution < 1.29 is 22.8 Å². The molecule has 0 radical (unpaired) electrons. The lowest BCUT2D eigenvalue weighted by Gasteiger charge is -2.22. The van der Waals surface area contributed by atoms with Crippen LogP contribution < -0.4 is 5.32 Å². The molecule has 106 valence electrons. The minimum atomic E-state index is -4.60. The highest BCUT2D eigenvalue weighted by atomic mass is 19.4. The highest BCUT2D eigenvalue weighted by Crippen LogP contribution is 2.41. The Hall–Kier alpha value is -2.05. The first kappa shape index (κ1) is 13.0. The molecule has 7 heteroatoms. The third-order valence-corrected chi connectivity index (χ3v) is 3.76. The van der Waals surface area contributed by atoms with Crippen molar-refractivity contribution in [1.29, 1.82) is 0 Å². The Balaban J connectivity index is 1.99. The fourth-order valence-electron chi connectivity index (χ4n) is 2.91. The van der Waals surface area contributed by atoms with Crippen LogP contribution in [0.4, 0.5) is 18.0 Å². The molecule has 1 heterocycles. The Kier molecular flexibility index (Phi) is 2.57. The lowest BCUT2D eigenvalue weighted by Crippen LogP contribution is -2.43. The van der Waals surface area contributed by atoms with Crippen molar-refractivity contribution in [2.45, 2.75) is 24.6 Å². The normalized spacial score (nSPS) is 25.2. The van der Waals surface area contributed by atoms with Crippen molar-refractivity contribution in [1.82, 2.24) is 10.2 Å². The molecule has 1 fully saturated rings. The second-order valence-corrected chi connectivity index (χ2v) is 5.00. The molecule has 0 aromatic heterocycles. The number of amides is 3. The average molecular weight is 284 g/mol. The van der Waals surface area contributed by atoms with Gasteiger partial charge in [0.2, 0.25) is 0 Å². The maximum absolute atomic E-state index is 12.5. The molecule has 1 atom stereocenters. The Labute approximate surface area is 112 Å². The number of hydrogen-bond acceptors (Lipinski definition) is 2. The van der Waals surface area contributed by atoms with Crippen LogP contribution in [0.3, 0.4) is 0 Å². The van der Waals surface area contributed by atoms with Gasteiger partial charge in [-0.3, -0.25) is 9.69 Å². The number of carbonyl (C=O) groups excluding carboxylic acids is 2. The fraction of sp³-hybridized carbons (Fsp3) is 0.385. The molecule has 1 aliphatic heterocycles. The smallest absolute Gasteiger partial charge is 0.319 e. The predicted molar refractivity (Wildman–Crippen MR) is 62.7 cm³/mol. The van der Waals surface area contributed by atoms with E-state index in [1.807, 2.05) is 6.07 Å². The number of carbonyl (C=O) groups is 2. The van der Waals surface area contributed by atoms with Gasteiger partial charge in [0, 0.05) is 0 Å². The Morgan fingerprint density at radius 3 is 2.65 bits per heavy atom. The van der Waals surface area contributed by atoms with E-state index in [1.54, 1.807) is 18.2 Å². The quantitative estimate of drug-likeness (QED) is 0.801. The fourth-order valence-corrected chi connectivity index (χ4v) is 2.91. The molecule has 1 spiro atoms. The number of imide groups is 1. The van der Waals surface area contributed by atoms with E-state index in [9.17, 15) is 22.8 Å². The Bertz CT molecular complexity index is 600. The molecule has 4 nitrogen and oxygen atoms in total. The molecule has 3 amide bonds. The molecular weight excluding hydrogens is 273 g/mol. The van der Waals surface area contributed by atoms with E-state index in [0.29, 0.717) is 18.4 Å². The number of urea groups is 1. The van der Waals surface area contributed by atoms with Crippen LogP contribution in [-0.4, -0.2) is 29.6 Å². The van der Waals surface area contributed by atoms with Gasteiger partial charge in [-0.05, 0) is 24.0 Å². The summed E-state index contributed by atoms with van der Waals surface area (Å²) in [6.07, 6.45) is -3.75. The van der Waals surface area contributed by atoms with Crippen LogP contribution in [0.5, 0.6) is 0 Å². The molecule has 1 unspecified atom stereocenters. The highest BCUT2D eigenvalue weighted by Gasteiger charge is 2.56. The molecule has 1 aromatic rings. The Morgan fingerprint density at radius 2 is 1.95 bits per heavy atom. The van der Waals surface area contributed by atoms with Crippen molar-refractivity contribution >= 4 is 11.9 Å². The minimum absolute atomic E-state index is 0.252. The number of benzene rings is 1. The lowest BCUT2D eigenvalue weighted by atomic mass is 9.92. The average Bonchev–Trinajstić information content (AvgIpc) is 2.84. The van der Waals surface area contributed by atoms with Crippen molar-refractivity contribution in [3.63, 3.8) is 0 Å². The van der Waals surface area contributed by atoms with Gasteiger partial charge >= 0.3 is 12.2 Å². The van der Waals surface area contributed by atoms with Gasteiger partial charge in [-0.25, -0.2) is 4.79 Å². The summed E-state index contributed by atoms with van der Waals surface area (Å²) in [6.45, 7) is -1.55. The summed E-state index contributed by atoms with van der Waals surface area (Å²) < 4.78 is 37.4. The largest absolute Gasteiger partial charge is 0.406 e. The summed E-state index contributed by atoms with van der Waals surface area (Å²) in [6, 6.07) is 6.02. The van der Waals surface area contributed by atoms with Gasteiger partial charge in [-0.15, -0.1) is 0 Å². The molecule has 20 heavy (non-hydrogen) atoms. The SMILES string of the molecule is O=C1NC2(CCc3ccccc32)C(=O)N1CC(F)(F)F. The van der Waals surface area contributed by atoms with Gasteiger partial charge in [0.25, 0.3) is 5.91 Å². The van der Waals surface area contributed by atoms with Crippen molar-refractivity contribution in [3.05, 3.63) is 35.4 Å². The monoisotopic (exact) mass is 284 g/mol. The molecule has 1 aliphatic carbocycles. The topological polar surface area (TPSA) is 49.4 Å². The number of rotatable bonds is 1. The molecule has 0 saturated carbocycles. The minimum Gasteiger partial charge on any atom is -0.319 e. The molecular formula is C13H11F3N2O2. The highest BCUT2D eigenvalue weighted by molar-refractivity contribution is 6.08. The molecule has 1 N–H and O–H groups in total. The zero-order valence-corrected chi connectivity index (χ0v) is 10.3. The van der Waals surface area contributed by atoms with Gasteiger partial charge in [0.15, 0.2) is 0 Å². The maximum atomic E-state index is 12.5. The van der Waals surface area contributed by atoms with Gasteiger partial charge in [-0.2, -0.15) is 13.2 Å². The molecule has 0 bridgehead atoms. The number of hydrogen-bond donors (Lipinski definition) is 1. The zero-order valence-electron chi connectivity index (χ0n) is 10.3. The van der Waals surface area contributed by atoms with Gasteiger partial charge in [0.1, 0.15) is 12.1 Å². The van der Waals surface area contributed by atoms with Gasteiger partial charge < -0.3 is 5.32 Å². The summed E-state index contributed by atoms with van der Waals surface area (Å²) in [4.78, 5) is 24.3. The number of halogens is 3. The van der Waals surface area contributed by atoms with Crippen molar-refractivity contribution in [2.24, 2.45) is 0 Å². The van der Waals surface area contributed by atoms with E-state index in [4.69, 9.17) is 0 Å². The lowest BCUT2D eigenvalue weighted by molar-refractivity contribution is -0.155. The summed E-state index contributed by atoms with van der Waals surface area (Å²) >= 11 is 0. The number of alkyl halides is 3. The van der Waals surface area contributed by atoms with E-state index in [2.05, 4.69) is 5.32 Å². The molecule has 2 aliphatic rings. The first-order valence-corrected chi connectivity index (χ1v) is 6.13. The summed E-state index contributed by atoms with van der Waals surface area (Å²) in [5.74, 6) is -0.815. The third-order valence-electron chi connectivity index (χ3n) is 3.76. The van der Waals surface area contributed by atoms with Crippen LogP contribution in [0.1, 0.15) is 17.5 Å². The predicted octanol–water partition coefficient (Wildman–Crippen LogP) is 1.94.